The van der Waals surface area contributed by atoms with Gasteiger partial charge in [-0.05, 0) is 24.3 Å². The van der Waals surface area contributed by atoms with Gasteiger partial charge in [0.05, 0.1) is 0 Å². The van der Waals surface area contributed by atoms with E-state index < -0.39 is 0 Å². The summed E-state index contributed by atoms with van der Waals surface area (Å²) in [5.41, 5.74) is 6.39. The molecule has 1 aliphatic heterocycles. The molecule has 1 aliphatic rings. The number of nitrogens with two attached hydrogens (primary N) is 1. The molecule has 0 unspecified atom stereocenters. The number of rotatable bonds is 6. The molecule has 1 aromatic carbocycles. The van der Waals surface area contributed by atoms with Crippen molar-refractivity contribution in [1.82, 2.24) is 10.2 Å². The van der Waals surface area contributed by atoms with Crippen LogP contribution in [0.15, 0.2) is 24.3 Å². The molecule has 1 amide bonds. The molecule has 0 spiro atoms. The van der Waals surface area contributed by atoms with Gasteiger partial charge in [0.2, 0.25) is 5.91 Å². The van der Waals surface area contributed by atoms with Crippen molar-refractivity contribution in [2.75, 3.05) is 50.7 Å². The Labute approximate surface area is 137 Å². The van der Waals surface area contributed by atoms with Gasteiger partial charge in [-0.1, -0.05) is 0 Å². The van der Waals surface area contributed by atoms with E-state index in [-0.39, 0.29) is 24.1 Å². The van der Waals surface area contributed by atoms with Crippen LogP contribution < -0.4 is 16.0 Å². The van der Waals surface area contributed by atoms with Crippen LogP contribution in [-0.2, 0) is 4.79 Å². The Kier molecular flexibility index (Phi) is 8.16. The summed E-state index contributed by atoms with van der Waals surface area (Å²) in [7, 11) is 0. The van der Waals surface area contributed by atoms with E-state index in [9.17, 15) is 9.18 Å². The third kappa shape index (κ3) is 5.79. The van der Waals surface area contributed by atoms with E-state index in [4.69, 9.17) is 5.73 Å². The van der Waals surface area contributed by atoms with Crippen LogP contribution >= 0.6 is 12.4 Å². The van der Waals surface area contributed by atoms with Gasteiger partial charge < -0.3 is 16.0 Å². The topological polar surface area (TPSA) is 61.6 Å². The molecule has 7 heteroatoms. The van der Waals surface area contributed by atoms with E-state index in [1.807, 2.05) is 12.1 Å². The van der Waals surface area contributed by atoms with E-state index in [2.05, 4.69) is 15.1 Å². The van der Waals surface area contributed by atoms with E-state index >= 15 is 0 Å². The highest BCUT2D eigenvalue weighted by molar-refractivity contribution is 5.85. The molecule has 0 radical (unpaired) electrons. The van der Waals surface area contributed by atoms with Gasteiger partial charge in [-0.2, -0.15) is 0 Å². The van der Waals surface area contributed by atoms with Crippen molar-refractivity contribution in [3.63, 3.8) is 0 Å². The van der Waals surface area contributed by atoms with Gasteiger partial charge in [-0.15, -0.1) is 12.4 Å². The molecular formula is C15H24ClFN4O. The molecule has 0 aliphatic carbocycles. The first kappa shape index (κ1) is 18.7. The van der Waals surface area contributed by atoms with Gasteiger partial charge in [0.1, 0.15) is 5.82 Å². The number of nitrogens with zero attached hydrogens (tertiary/aromatic N) is 2. The molecule has 22 heavy (non-hydrogen) atoms. The number of carbonyl (C=O) groups is 1. The highest BCUT2D eigenvalue weighted by Gasteiger charge is 2.16. The molecule has 0 saturated carbocycles. The van der Waals surface area contributed by atoms with Gasteiger partial charge in [-0.25, -0.2) is 4.39 Å². The summed E-state index contributed by atoms with van der Waals surface area (Å²) in [5, 5.41) is 2.86. The Morgan fingerprint density at radius 1 is 1.18 bits per heavy atom. The van der Waals surface area contributed by atoms with Crippen LogP contribution in [0.25, 0.3) is 0 Å². The second-order valence-corrected chi connectivity index (χ2v) is 5.19. The normalized spacial score (nSPS) is 15.3. The first-order valence-electron chi connectivity index (χ1n) is 7.38. The van der Waals surface area contributed by atoms with Crippen LogP contribution in [0, 0.1) is 5.82 Å². The zero-order chi connectivity index (χ0) is 15.1. The number of carbonyl (C=O) groups excluding carboxylic acids is 1. The third-order valence-electron chi connectivity index (χ3n) is 3.69. The lowest BCUT2D eigenvalue weighted by Crippen LogP contribution is -2.48. The number of nitrogens with one attached hydrogen (secondary N) is 1. The maximum atomic E-state index is 12.9. The number of hydrogen-bond acceptors (Lipinski definition) is 4. The Balaban J connectivity index is 0.00000242. The van der Waals surface area contributed by atoms with Crippen molar-refractivity contribution in [1.29, 1.82) is 0 Å². The molecule has 0 aromatic heterocycles. The summed E-state index contributed by atoms with van der Waals surface area (Å²) in [5.74, 6) is -0.187. The number of hydrogen-bond donors (Lipinski definition) is 2. The predicted molar refractivity (Wildman–Crippen MR) is 89.0 cm³/mol. The summed E-state index contributed by atoms with van der Waals surface area (Å²) < 4.78 is 12.9. The summed E-state index contributed by atoms with van der Waals surface area (Å²) >= 11 is 0. The standard InChI is InChI=1S/C15H23FN4O.ClH/c16-13-1-3-14(4-2-13)20-11-9-19(10-12-20)8-7-18-15(21)5-6-17;/h1-4H,5-12,17H2,(H,18,21);1H. The highest BCUT2D eigenvalue weighted by Crippen LogP contribution is 2.16. The second-order valence-electron chi connectivity index (χ2n) is 5.19. The Hall–Kier alpha value is -1.37. The lowest BCUT2D eigenvalue weighted by atomic mass is 10.2. The summed E-state index contributed by atoms with van der Waals surface area (Å²) in [6, 6.07) is 6.62. The molecular weight excluding hydrogens is 307 g/mol. The highest BCUT2D eigenvalue weighted by atomic mass is 35.5. The van der Waals surface area contributed by atoms with Gasteiger partial charge in [-0.3, -0.25) is 9.69 Å². The second kappa shape index (κ2) is 9.61. The lowest BCUT2D eigenvalue weighted by Gasteiger charge is -2.36. The van der Waals surface area contributed by atoms with Crippen LogP contribution in [0.2, 0.25) is 0 Å². The molecule has 1 saturated heterocycles. The third-order valence-corrected chi connectivity index (χ3v) is 3.69. The number of piperazine rings is 1. The van der Waals surface area contributed by atoms with Crippen LogP contribution in [0.4, 0.5) is 10.1 Å². The summed E-state index contributed by atoms with van der Waals surface area (Å²) in [6.07, 6.45) is 0.387. The zero-order valence-corrected chi connectivity index (χ0v) is 13.4. The summed E-state index contributed by atoms with van der Waals surface area (Å²) in [6.45, 7) is 5.64. The molecule has 0 atom stereocenters. The van der Waals surface area contributed by atoms with Crippen LogP contribution in [-0.4, -0.2) is 56.6 Å². The fourth-order valence-corrected chi connectivity index (χ4v) is 2.45. The van der Waals surface area contributed by atoms with Crippen LogP contribution in [0.1, 0.15) is 6.42 Å². The van der Waals surface area contributed by atoms with Crippen LogP contribution in [0.3, 0.4) is 0 Å². The molecule has 2 rings (SSSR count). The smallest absolute Gasteiger partial charge is 0.221 e. The van der Waals surface area contributed by atoms with Crippen molar-refractivity contribution in [2.45, 2.75) is 6.42 Å². The van der Waals surface area contributed by atoms with E-state index in [1.54, 1.807) is 0 Å². The Morgan fingerprint density at radius 2 is 1.82 bits per heavy atom. The Bertz CT molecular complexity index is 449. The fourth-order valence-electron chi connectivity index (χ4n) is 2.45. The van der Waals surface area contributed by atoms with E-state index in [0.717, 1.165) is 38.4 Å². The molecule has 3 N–H and O–H groups in total. The van der Waals surface area contributed by atoms with Gasteiger partial charge in [0.25, 0.3) is 0 Å². The van der Waals surface area contributed by atoms with Gasteiger partial charge in [0.15, 0.2) is 0 Å². The fraction of sp³-hybridized carbons (Fsp3) is 0.533. The number of anilines is 1. The van der Waals surface area contributed by atoms with Crippen molar-refractivity contribution in [3.05, 3.63) is 30.1 Å². The molecule has 1 aromatic rings. The quantitative estimate of drug-likeness (QED) is 0.811. The molecule has 1 fully saturated rings. The lowest BCUT2D eigenvalue weighted by molar-refractivity contribution is -0.120. The monoisotopic (exact) mass is 330 g/mol. The van der Waals surface area contributed by atoms with Crippen molar-refractivity contribution < 1.29 is 9.18 Å². The van der Waals surface area contributed by atoms with Crippen molar-refractivity contribution in [2.24, 2.45) is 5.73 Å². The summed E-state index contributed by atoms with van der Waals surface area (Å²) in [4.78, 5) is 15.9. The SMILES string of the molecule is Cl.NCCC(=O)NCCN1CCN(c2ccc(F)cc2)CC1. The zero-order valence-electron chi connectivity index (χ0n) is 12.6. The average molecular weight is 331 g/mol. The molecule has 124 valence electrons. The Morgan fingerprint density at radius 3 is 2.41 bits per heavy atom. The predicted octanol–water partition coefficient (Wildman–Crippen LogP) is 0.834. The van der Waals surface area contributed by atoms with E-state index in [0.29, 0.717) is 19.5 Å². The maximum absolute atomic E-state index is 12.9. The first-order chi connectivity index (χ1) is 10.2. The first-order valence-corrected chi connectivity index (χ1v) is 7.38. The average Bonchev–Trinajstić information content (AvgIpc) is 2.49. The largest absolute Gasteiger partial charge is 0.369 e. The van der Waals surface area contributed by atoms with Crippen molar-refractivity contribution >= 4 is 24.0 Å². The van der Waals surface area contributed by atoms with Gasteiger partial charge in [0, 0.05) is 57.9 Å². The van der Waals surface area contributed by atoms with Crippen LogP contribution in [0.5, 0.6) is 0 Å². The van der Waals surface area contributed by atoms with Crippen molar-refractivity contribution in [3.8, 4) is 0 Å². The van der Waals surface area contributed by atoms with Gasteiger partial charge >= 0.3 is 0 Å². The molecule has 1 heterocycles. The van der Waals surface area contributed by atoms with E-state index in [1.165, 1.54) is 12.1 Å². The minimum absolute atomic E-state index is 0. The minimum atomic E-state index is -0.203. The molecule has 0 bridgehead atoms. The number of amides is 1. The minimum Gasteiger partial charge on any atom is -0.369 e. The number of benzene rings is 1. The number of halogens is 2. The maximum Gasteiger partial charge on any atom is 0.221 e. The molecule has 5 nitrogen and oxygen atoms in total.